The van der Waals surface area contributed by atoms with Crippen molar-refractivity contribution in [3.8, 4) is 5.75 Å². The van der Waals surface area contributed by atoms with Crippen LogP contribution in [0.2, 0.25) is 0 Å². The Labute approximate surface area is 133 Å². The number of hydrogen-bond acceptors (Lipinski definition) is 3. The Morgan fingerprint density at radius 2 is 1.75 bits per heavy atom. The Kier molecular flexibility index (Phi) is 5.56. The molecule has 0 aliphatic carbocycles. The number of halogens is 3. The van der Waals surface area contributed by atoms with Gasteiger partial charge >= 0.3 is 0 Å². The van der Waals surface area contributed by atoms with Crippen LogP contribution in [0.4, 0.5) is 0 Å². The number of carbonyl (C=O) groups excluding carboxylic acids is 1. The summed E-state index contributed by atoms with van der Waals surface area (Å²) in [7, 11) is 0. The molecule has 1 aromatic rings. The van der Waals surface area contributed by atoms with Crippen molar-refractivity contribution in [1.29, 1.82) is 0 Å². The molecule has 1 heterocycles. The second-order valence-electron chi connectivity index (χ2n) is 4.75. The minimum atomic E-state index is -1.92. The zero-order valence-corrected chi connectivity index (χ0v) is 13.2. The molecule has 0 atom stereocenters. The van der Waals surface area contributed by atoms with E-state index in [1.165, 1.54) is 12.8 Å². The van der Waals surface area contributed by atoms with E-state index in [2.05, 4.69) is 4.90 Å². The highest BCUT2D eigenvalue weighted by Gasteiger charge is 2.31. The van der Waals surface area contributed by atoms with Gasteiger partial charge in [0.2, 0.25) is 5.78 Å². The van der Waals surface area contributed by atoms with Gasteiger partial charge in [0.05, 0.1) is 0 Å². The van der Waals surface area contributed by atoms with Crippen LogP contribution in [-0.4, -0.2) is 40.7 Å². The fourth-order valence-corrected chi connectivity index (χ4v) is 2.49. The Morgan fingerprint density at radius 1 is 1.15 bits per heavy atom. The maximum absolute atomic E-state index is 11.7. The molecule has 1 aromatic carbocycles. The Hall–Kier alpha value is -0.480. The smallest absolute Gasteiger partial charge is 0.253 e. The largest absolute Gasteiger partial charge is 0.492 e. The zero-order valence-electron chi connectivity index (χ0n) is 10.9. The number of hydrogen-bond donors (Lipinski definition) is 0. The highest BCUT2D eigenvalue weighted by molar-refractivity contribution is 6.77. The van der Waals surface area contributed by atoms with Gasteiger partial charge in [-0.1, -0.05) is 34.8 Å². The molecule has 1 fully saturated rings. The lowest BCUT2D eigenvalue weighted by Crippen LogP contribution is -2.25. The van der Waals surface area contributed by atoms with Gasteiger partial charge in [-0.25, -0.2) is 0 Å². The van der Waals surface area contributed by atoms with E-state index in [1.807, 2.05) is 0 Å². The van der Waals surface area contributed by atoms with Crippen LogP contribution < -0.4 is 4.74 Å². The zero-order chi connectivity index (χ0) is 14.6. The highest BCUT2D eigenvalue weighted by Crippen LogP contribution is 2.30. The standard InChI is InChI=1S/C14H16Cl3NO2/c15-14(16,17)13(19)11-3-5-12(6-4-11)20-10-9-18-7-1-2-8-18/h3-6H,1-2,7-10H2. The number of benzene rings is 1. The van der Waals surface area contributed by atoms with Crippen LogP contribution in [0.25, 0.3) is 0 Å². The monoisotopic (exact) mass is 335 g/mol. The van der Waals surface area contributed by atoms with Gasteiger partial charge in [-0.05, 0) is 50.2 Å². The quantitative estimate of drug-likeness (QED) is 0.606. The van der Waals surface area contributed by atoms with Crippen LogP contribution in [0, 0.1) is 0 Å². The molecule has 2 rings (SSSR count). The fraction of sp³-hybridized carbons (Fsp3) is 0.500. The third kappa shape index (κ3) is 4.52. The SMILES string of the molecule is O=C(c1ccc(OCCN2CCCC2)cc1)C(Cl)(Cl)Cl. The predicted molar refractivity (Wildman–Crippen MR) is 82.2 cm³/mol. The predicted octanol–water partition coefficient (Wildman–Crippen LogP) is 3.71. The number of rotatable bonds is 5. The molecule has 6 heteroatoms. The lowest BCUT2D eigenvalue weighted by Gasteiger charge is -2.15. The van der Waals surface area contributed by atoms with Crippen molar-refractivity contribution in [2.75, 3.05) is 26.2 Å². The summed E-state index contributed by atoms with van der Waals surface area (Å²) >= 11 is 16.7. The first-order valence-corrected chi connectivity index (χ1v) is 7.67. The number of ketones is 1. The molecule has 0 radical (unpaired) electrons. The molecule has 0 bridgehead atoms. The molecular formula is C14H16Cl3NO2. The minimum Gasteiger partial charge on any atom is -0.492 e. The van der Waals surface area contributed by atoms with E-state index in [-0.39, 0.29) is 0 Å². The topological polar surface area (TPSA) is 29.5 Å². The number of alkyl halides is 3. The van der Waals surface area contributed by atoms with Crippen LogP contribution in [0.1, 0.15) is 23.2 Å². The van der Waals surface area contributed by atoms with Crippen LogP contribution in [0.3, 0.4) is 0 Å². The molecular weight excluding hydrogens is 321 g/mol. The molecule has 1 aliphatic rings. The molecule has 1 aliphatic heterocycles. The minimum absolute atomic E-state index is 0.358. The van der Waals surface area contributed by atoms with E-state index >= 15 is 0 Å². The number of ether oxygens (including phenoxy) is 1. The summed E-state index contributed by atoms with van der Waals surface area (Å²) in [6.07, 6.45) is 2.54. The van der Waals surface area contributed by atoms with Gasteiger partial charge in [-0.2, -0.15) is 0 Å². The Balaban J connectivity index is 1.83. The Bertz CT molecular complexity index is 450. The molecule has 3 nitrogen and oxygen atoms in total. The second-order valence-corrected chi connectivity index (χ2v) is 7.03. The first kappa shape index (κ1) is 15.9. The normalized spacial score (nSPS) is 16.4. The van der Waals surface area contributed by atoms with Crippen molar-refractivity contribution < 1.29 is 9.53 Å². The third-order valence-corrected chi connectivity index (χ3v) is 3.76. The number of carbonyl (C=O) groups is 1. The molecule has 0 saturated carbocycles. The molecule has 1 saturated heterocycles. The van der Waals surface area contributed by atoms with Crippen molar-refractivity contribution >= 4 is 40.6 Å². The van der Waals surface area contributed by atoms with Gasteiger partial charge in [-0.3, -0.25) is 9.69 Å². The van der Waals surface area contributed by atoms with Crippen LogP contribution in [0.5, 0.6) is 5.75 Å². The summed E-state index contributed by atoms with van der Waals surface area (Å²) in [4.78, 5) is 14.1. The molecule has 0 unspecified atom stereocenters. The lowest BCUT2D eigenvalue weighted by molar-refractivity contribution is 0.0996. The first-order chi connectivity index (χ1) is 9.47. The van der Waals surface area contributed by atoms with Crippen molar-refractivity contribution in [3.05, 3.63) is 29.8 Å². The first-order valence-electron chi connectivity index (χ1n) is 6.53. The molecule has 0 N–H and O–H groups in total. The molecule has 110 valence electrons. The van der Waals surface area contributed by atoms with Crippen LogP contribution in [-0.2, 0) is 0 Å². The summed E-state index contributed by atoms with van der Waals surface area (Å²) in [6.45, 7) is 3.87. The second kappa shape index (κ2) is 6.99. The van der Waals surface area contributed by atoms with Crippen LogP contribution in [0.15, 0.2) is 24.3 Å². The van der Waals surface area contributed by atoms with Gasteiger partial charge in [-0.15, -0.1) is 0 Å². The van der Waals surface area contributed by atoms with Crippen molar-refractivity contribution in [1.82, 2.24) is 4.90 Å². The maximum atomic E-state index is 11.7. The van der Waals surface area contributed by atoms with E-state index in [9.17, 15) is 4.79 Å². The number of likely N-dealkylation sites (tertiary alicyclic amines) is 1. The molecule has 20 heavy (non-hydrogen) atoms. The summed E-state index contributed by atoms with van der Waals surface area (Å²) in [6, 6.07) is 6.64. The molecule has 0 aromatic heterocycles. The van der Waals surface area contributed by atoms with E-state index in [4.69, 9.17) is 39.5 Å². The van der Waals surface area contributed by atoms with E-state index < -0.39 is 9.58 Å². The fourth-order valence-electron chi connectivity index (χ4n) is 2.17. The summed E-state index contributed by atoms with van der Waals surface area (Å²) in [5, 5.41) is 0. The maximum Gasteiger partial charge on any atom is 0.253 e. The number of nitrogens with zero attached hydrogens (tertiary/aromatic N) is 1. The summed E-state index contributed by atoms with van der Waals surface area (Å²) < 4.78 is 3.72. The van der Waals surface area contributed by atoms with Gasteiger partial charge in [0.15, 0.2) is 0 Å². The van der Waals surface area contributed by atoms with E-state index in [0.717, 1.165) is 19.6 Å². The van der Waals surface area contributed by atoms with Crippen LogP contribution >= 0.6 is 34.8 Å². The van der Waals surface area contributed by atoms with Gasteiger partial charge in [0.1, 0.15) is 12.4 Å². The van der Waals surface area contributed by atoms with E-state index in [0.29, 0.717) is 17.9 Å². The lowest BCUT2D eigenvalue weighted by atomic mass is 10.1. The highest BCUT2D eigenvalue weighted by atomic mass is 35.6. The van der Waals surface area contributed by atoms with Crippen molar-refractivity contribution in [2.24, 2.45) is 0 Å². The molecule has 0 spiro atoms. The van der Waals surface area contributed by atoms with Crippen molar-refractivity contribution in [2.45, 2.75) is 16.6 Å². The Morgan fingerprint density at radius 3 is 2.30 bits per heavy atom. The van der Waals surface area contributed by atoms with E-state index in [1.54, 1.807) is 24.3 Å². The van der Waals surface area contributed by atoms with Crippen molar-refractivity contribution in [3.63, 3.8) is 0 Å². The van der Waals surface area contributed by atoms with Gasteiger partial charge in [0.25, 0.3) is 3.79 Å². The average Bonchev–Trinajstić information content (AvgIpc) is 2.91. The third-order valence-electron chi connectivity index (χ3n) is 3.25. The molecule has 0 amide bonds. The summed E-state index contributed by atoms with van der Waals surface area (Å²) in [5.74, 6) is 0.177. The van der Waals surface area contributed by atoms with Gasteiger partial charge < -0.3 is 4.74 Å². The average molecular weight is 337 g/mol. The van der Waals surface area contributed by atoms with Gasteiger partial charge in [0, 0.05) is 12.1 Å². The number of Topliss-reactive ketones (excluding diaryl/α,β-unsaturated/α-hetero) is 1. The summed E-state index contributed by atoms with van der Waals surface area (Å²) in [5.41, 5.74) is 0.358.